The van der Waals surface area contributed by atoms with E-state index in [1.807, 2.05) is 35.3 Å². The molecule has 1 aromatic heterocycles. The summed E-state index contributed by atoms with van der Waals surface area (Å²) in [5.41, 5.74) is 1.55. The first-order chi connectivity index (χ1) is 21.9. The third-order valence-electron chi connectivity index (χ3n) is 10.6. The van der Waals surface area contributed by atoms with Crippen molar-refractivity contribution in [1.29, 1.82) is 0 Å². The fraction of sp³-hybridized carbons (Fsp3) is 0.571. The first-order valence-electron chi connectivity index (χ1n) is 16.7. The minimum atomic E-state index is -0.578. The van der Waals surface area contributed by atoms with E-state index in [9.17, 15) is 13.6 Å². The third kappa shape index (κ3) is 8.04. The van der Waals surface area contributed by atoms with Crippen LogP contribution in [0, 0.1) is 23.0 Å². The first kappa shape index (κ1) is 31.9. The van der Waals surface area contributed by atoms with E-state index >= 15 is 0 Å². The highest BCUT2D eigenvalue weighted by Crippen LogP contribution is 2.47. The lowest BCUT2D eigenvalue weighted by Gasteiger charge is -2.48. The van der Waals surface area contributed by atoms with Gasteiger partial charge in [-0.3, -0.25) is 9.48 Å². The molecule has 0 spiro atoms. The Kier molecular flexibility index (Phi) is 10.3. The zero-order valence-corrected chi connectivity index (χ0v) is 26.7. The van der Waals surface area contributed by atoms with Crippen molar-refractivity contribution in [3.05, 3.63) is 77.3 Å². The van der Waals surface area contributed by atoms with Crippen LogP contribution in [0.3, 0.4) is 0 Å². The van der Waals surface area contributed by atoms with Crippen LogP contribution in [0.25, 0.3) is 0 Å². The van der Waals surface area contributed by atoms with Crippen molar-refractivity contribution in [3.63, 3.8) is 0 Å². The number of piperidine rings is 1. The number of rotatable bonds is 10. The Labute approximate surface area is 270 Å². The Morgan fingerprint density at radius 2 is 1.67 bits per heavy atom. The summed E-state index contributed by atoms with van der Waals surface area (Å²) in [7, 11) is 0. The molecule has 3 aromatic rings. The van der Waals surface area contributed by atoms with Gasteiger partial charge in [0.15, 0.2) is 0 Å². The number of hydrogen-bond donors (Lipinski definition) is 2. The molecule has 2 N–H and O–H groups in total. The lowest BCUT2D eigenvalue weighted by Crippen LogP contribution is -2.55. The van der Waals surface area contributed by atoms with Crippen molar-refractivity contribution in [3.8, 4) is 0 Å². The van der Waals surface area contributed by atoms with Gasteiger partial charge in [0, 0.05) is 42.8 Å². The number of benzene rings is 2. The SMILES string of the molecule is O=C([C@@H](Cc1ccc(Cl)cc1)NC1CCC(Nc2ccc(F)cc2F)CC1)N1CCC(Cn2cncn2)(C2CCCCC2)CC1. The van der Waals surface area contributed by atoms with Crippen molar-refractivity contribution in [2.45, 2.75) is 102 Å². The molecule has 1 aliphatic heterocycles. The van der Waals surface area contributed by atoms with E-state index in [1.165, 1.54) is 44.2 Å². The summed E-state index contributed by atoms with van der Waals surface area (Å²) in [5, 5.41) is 12.1. The second-order valence-electron chi connectivity index (χ2n) is 13.5. The highest BCUT2D eigenvalue weighted by atomic mass is 35.5. The molecule has 3 aliphatic rings. The summed E-state index contributed by atoms with van der Waals surface area (Å²) in [6.45, 7) is 2.37. The molecule has 7 nitrogen and oxygen atoms in total. The van der Waals surface area contributed by atoms with E-state index in [0.29, 0.717) is 23.0 Å². The summed E-state index contributed by atoms with van der Waals surface area (Å²) in [6, 6.07) is 11.4. The molecule has 3 fully saturated rings. The molecule has 2 aliphatic carbocycles. The van der Waals surface area contributed by atoms with Crippen LogP contribution >= 0.6 is 11.6 Å². The number of aromatic nitrogens is 3. The van der Waals surface area contributed by atoms with Crippen molar-refractivity contribution < 1.29 is 13.6 Å². The molecule has 2 heterocycles. The molecule has 2 saturated carbocycles. The number of hydrogen-bond acceptors (Lipinski definition) is 5. The second-order valence-corrected chi connectivity index (χ2v) is 13.9. The van der Waals surface area contributed by atoms with Gasteiger partial charge >= 0.3 is 0 Å². The van der Waals surface area contributed by atoms with E-state index < -0.39 is 11.6 Å². The Morgan fingerprint density at radius 3 is 2.33 bits per heavy atom. The fourth-order valence-corrected chi connectivity index (χ4v) is 8.16. The maximum absolute atomic E-state index is 14.2. The van der Waals surface area contributed by atoms with Crippen LogP contribution in [0.1, 0.15) is 76.2 Å². The van der Waals surface area contributed by atoms with Crippen LogP contribution in [0.15, 0.2) is 55.1 Å². The van der Waals surface area contributed by atoms with E-state index in [2.05, 4.69) is 25.6 Å². The van der Waals surface area contributed by atoms with Crippen molar-refractivity contribution in [2.24, 2.45) is 11.3 Å². The van der Waals surface area contributed by atoms with Gasteiger partial charge in [-0.15, -0.1) is 0 Å². The molecule has 10 heteroatoms. The quantitative estimate of drug-likeness (QED) is 0.250. The lowest BCUT2D eigenvalue weighted by molar-refractivity contribution is -0.137. The van der Waals surface area contributed by atoms with Crippen LogP contribution in [-0.4, -0.2) is 56.8 Å². The zero-order valence-electron chi connectivity index (χ0n) is 25.9. The molecule has 0 unspecified atom stereocenters. The summed E-state index contributed by atoms with van der Waals surface area (Å²) in [4.78, 5) is 20.5. The van der Waals surface area contributed by atoms with Gasteiger partial charge < -0.3 is 15.5 Å². The summed E-state index contributed by atoms with van der Waals surface area (Å²) >= 11 is 6.17. The van der Waals surface area contributed by atoms with E-state index in [4.69, 9.17) is 11.6 Å². The van der Waals surface area contributed by atoms with Crippen LogP contribution in [0.4, 0.5) is 14.5 Å². The molecule has 0 radical (unpaired) electrons. The normalized spacial score (nSPS) is 23.0. The molecular weight excluding hydrogens is 594 g/mol. The fourth-order valence-electron chi connectivity index (χ4n) is 8.03. The van der Waals surface area contributed by atoms with Gasteiger partial charge in [0.25, 0.3) is 0 Å². The standard InChI is InChI=1S/C35H45ClF2N6O/c36-27-8-6-25(7-9-27)20-33(42-30-13-11-29(12-14-30)41-32-15-10-28(37)21-31(32)38)34(45)43-18-16-35(17-19-43,22-44-24-39-23-40-44)26-4-2-1-3-5-26/h6-10,15,21,23-24,26,29-30,33,41-42H,1-5,11-14,16-20,22H2/t29?,30?,33-/m1/s1. The molecule has 242 valence electrons. The largest absolute Gasteiger partial charge is 0.380 e. The number of carbonyl (C=O) groups is 1. The Bertz CT molecular complexity index is 1380. The van der Waals surface area contributed by atoms with Gasteiger partial charge in [0.05, 0.1) is 11.7 Å². The van der Waals surface area contributed by atoms with Crippen molar-refractivity contribution in [1.82, 2.24) is 25.0 Å². The van der Waals surface area contributed by atoms with Gasteiger partial charge in [0.1, 0.15) is 24.3 Å². The molecule has 1 saturated heterocycles. The van der Waals surface area contributed by atoms with Crippen LogP contribution in [0.2, 0.25) is 5.02 Å². The minimum Gasteiger partial charge on any atom is -0.380 e. The van der Waals surface area contributed by atoms with Crippen LogP contribution in [0.5, 0.6) is 0 Å². The van der Waals surface area contributed by atoms with Gasteiger partial charge in [-0.05, 0) is 98.9 Å². The Morgan fingerprint density at radius 1 is 0.956 bits per heavy atom. The van der Waals surface area contributed by atoms with Gasteiger partial charge in [-0.25, -0.2) is 13.8 Å². The monoisotopic (exact) mass is 638 g/mol. The number of carbonyl (C=O) groups excluding carboxylic acids is 1. The van der Waals surface area contributed by atoms with E-state index in [1.54, 1.807) is 6.33 Å². The number of halogens is 3. The number of anilines is 1. The average molecular weight is 639 g/mol. The highest BCUT2D eigenvalue weighted by Gasteiger charge is 2.44. The smallest absolute Gasteiger partial charge is 0.240 e. The van der Waals surface area contributed by atoms with Crippen LogP contribution < -0.4 is 10.6 Å². The van der Waals surface area contributed by atoms with Crippen molar-refractivity contribution in [2.75, 3.05) is 18.4 Å². The van der Waals surface area contributed by atoms with E-state index in [0.717, 1.165) is 69.8 Å². The lowest BCUT2D eigenvalue weighted by atomic mass is 9.63. The summed E-state index contributed by atoms with van der Waals surface area (Å²) in [5.74, 6) is -0.329. The number of nitrogens with zero attached hydrogens (tertiary/aromatic N) is 4. The zero-order chi connectivity index (χ0) is 31.2. The molecule has 1 atom stereocenters. The van der Waals surface area contributed by atoms with Crippen molar-refractivity contribution >= 4 is 23.2 Å². The molecule has 45 heavy (non-hydrogen) atoms. The number of likely N-dealkylation sites (tertiary alicyclic amines) is 1. The predicted molar refractivity (Wildman–Crippen MR) is 173 cm³/mol. The first-order valence-corrected chi connectivity index (χ1v) is 17.1. The Balaban J connectivity index is 1.11. The van der Waals surface area contributed by atoms with Gasteiger partial charge in [-0.2, -0.15) is 5.10 Å². The number of nitrogens with one attached hydrogen (secondary N) is 2. The maximum atomic E-state index is 14.2. The van der Waals surface area contributed by atoms with E-state index in [-0.39, 0.29) is 29.4 Å². The average Bonchev–Trinajstić information content (AvgIpc) is 3.57. The molecule has 2 aromatic carbocycles. The molecule has 1 amide bonds. The summed E-state index contributed by atoms with van der Waals surface area (Å²) < 4.78 is 29.6. The molecule has 0 bridgehead atoms. The maximum Gasteiger partial charge on any atom is 0.240 e. The predicted octanol–water partition coefficient (Wildman–Crippen LogP) is 7.02. The van der Waals surface area contributed by atoms with Gasteiger partial charge in [-0.1, -0.05) is 43.0 Å². The minimum absolute atomic E-state index is 0.105. The Hall–Kier alpha value is -3.04. The van der Waals surface area contributed by atoms with Gasteiger partial charge in [0.2, 0.25) is 5.91 Å². The number of amides is 1. The third-order valence-corrected chi connectivity index (χ3v) is 10.8. The highest BCUT2D eigenvalue weighted by molar-refractivity contribution is 6.30. The molecular formula is C35H45ClF2N6O. The van der Waals surface area contributed by atoms with Crippen LogP contribution in [-0.2, 0) is 17.8 Å². The summed E-state index contributed by atoms with van der Waals surface area (Å²) in [6.07, 6.45) is 15.8. The topological polar surface area (TPSA) is 75.1 Å². The second kappa shape index (κ2) is 14.6. The molecule has 6 rings (SSSR count).